The number of carbonyl (C=O) groups excluding carboxylic acids is 1. The molecule has 4 rings (SSSR count). The monoisotopic (exact) mass is 483 g/mol. The molecule has 1 fully saturated rings. The highest BCUT2D eigenvalue weighted by Gasteiger charge is 2.40. The number of carbonyl (C=O) groups is 1. The van der Waals surface area contributed by atoms with E-state index >= 15 is 0 Å². The molecule has 11 nitrogen and oxygen atoms in total. The first kappa shape index (κ1) is 22.6. The van der Waals surface area contributed by atoms with Gasteiger partial charge in [0.25, 0.3) is 0 Å². The molecule has 0 bridgehead atoms. The number of alkyl halides is 3. The minimum atomic E-state index is -4.91. The van der Waals surface area contributed by atoms with Crippen LogP contribution in [0.2, 0.25) is 0 Å². The minimum Gasteiger partial charge on any atom is -0.406 e. The number of hydrogen-bond donors (Lipinski definition) is 1. The molecule has 0 saturated carbocycles. The quantitative estimate of drug-likeness (QED) is 0.554. The van der Waals surface area contributed by atoms with Crippen molar-refractivity contribution < 1.29 is 31.1 Å². The van der Waals surface area contributed by atoms with Crippen LogP contribution in [0.4, 0.5) is 19.0 Å². The summed E-state index contributed by atoms with van der Waals surface area (Å²) >= 11 is 0. The maximum absolute atomic E-state index is 13.1. The fourth-order valence-electron chi connectivity index (χ4n) is 3.35. The van der Waals surface area contributed by atoms with Gasteiger partial charge in [0.15, 0.2) is 5.65 Å². The molecule has 33 heavy (non-hydrogen) atoms. The zero-order chi connectivity index (χ0) is 23.8. The maximum atomic E-state index is 13.1. The third kappa shape index (κ3) is 4.78. The normalized spacial score (nSPS) is 17.8. The Balaban J connectivity index is 1.57. The lowest BCUT2D eigenvalue weighted by atomic mass is 10.2. The van der Waals surface area contributed by atoms with Crippen LogP contribution in [0.5, 0.6) is 5.75 Å². The van der Waals surface area contributed by atoms with E-state index < -0.39 is 34.1 Å². The first-order chi connectivity index (χ1) is 15.5. The topological polar surface area (TPSA) is 144 Å². The van der Waals surface area contributed by atoms with Gasteiger partial charge in [0.2, 0.25) is 15.9 Å². The number of hydrogen-bond acceptors (Lipinski definition) is 9. The first-order valence-corrected chi connectivity index (χ1v) is 10.8. The summed E-state index contributed by atoms with van der Waals surface area (Å²) in [6.45, 7) is -0.0706. The van der Waals surface area contributed by atoms with Crippen LogP contribution < -0.4 is 15.4 Å². The number of rotatable bonds is 5. The van der Waals surface area contributed by atoms with Gasteiger partial charge < -0.3 is 15.4 Å². The van der Waals surface area contributed by atoms with Crippen molar-refractivity contribution in [3.8, 4) is 5.75 Å². The molecular weight excluding hydrogens is 467 g/mol. The molecule has 0 unspecified atom stereocenters. The van der Waals surface area contributed by atoms with Crippen LogP contribution in [0.25, 0.3) is 11.2 Å². The van der Waals surface area contributed by atoms with Gasteiger partial charge in [-0.2, -0.15) is 4.31 Å². The zero-order valence-corrected chi connectivity index (χ0v) is 17.5. The number of primary amides is 1. The average Bonchev–Trinajstić information content (AvgIpc) is 2.77. The van der Waals surface area contributed by atoms with Gasteiger partial charge in [0, 0.05) is 19.6 Å². The Morgan fingerprint density at radius 2 is 1.85 bits per heavy atom. The van der Waals surface area contributed by atoms with Crippen molar-refractivity contribution in [1.82, 2.24) is 24.2 Å². The highest BCUT2D eigenvalue weighted by atomic mass is 32.2. The van der Waals surface area contributed by atoms with E-state index in [-0.39, 0.29) is 24.5 Å². The van der Waals surface area contributed by atoms with Crippen molar-refractivity contribution in [1.29, 1.82) is 0 Å². The molecule has 1 amide bonds. The van der Waals surface area contributed by atoms with Crippen molar-refractivity contribution in [3.05, 3.63) is 43.0 Å². The van der Waals surface area contributed by atoms with E-state index in [1.807, 2.05) is 0 Å². The highest BCUT2D eigenvalue weighted by Crippen LogP contribution is 2.27. The van der Waals surface area contributed by atoms with Crippen LogP contribution in [-0.4, -0.2) is 70.6 Å². The average molecular weight is 483 g/mol. The van der Waals surface area contributed by atoms with E-state index in [0.717, 1.165) is 28.6 Å². The molecule has 3 heterocycles. The summed E-state index contributed by atoms with van der Waals surface area (Å²) in [5.74, 6) is -1.09. The second kappa shape index (κ2) is 8.40. The van der Waals surface area contributed by atoms with Gasteiger partial charge in [-0.1, -0.05) is 0 Å². The molecule has 3 aromatic rings. The molecule has 1 aromatic carbocycles. The number of aromatic nitrogens is 4. The van der Waals surface area contributed by atoms with Crippen molar-refractivity contribution in [2.24, 2.45) is 5.73 Å². The molecular formula is C18H16F3N7O4S. The largest absolute Gasteiger partial charge is 0.573 e. The van der Waals surface area contributed by atoms with Gasteiger partial charge in [-0.25, -0.2) is 28.4 Å². The van der Waals surface area contributed by atoms with Crippen LogP contribution in [-0.2, 0) is 14.8 Å². The number of amides is 1. The number of anilines is 1. The van der Waals surface area contributed by atoms with E-state index in [1.54, 1.807) is 4.90 Å². The number of benzene rings is 1. The van der Waals surface area contributed by atoms with E-state index in [0.29, 0.717) is 17.0 Å². The van der Waals surface area contributed by atoms with E-state index in [4.69, 9.17) is 5.73 Å². The maximum Gasteiger partial charge on any atom is 0.573 e. The Labute approximate surface area is 185 Å². The fraction of sp³-hybridized carbons (Fsp3) is 0.278. The molecule has 2 aromatic heterocycles. The van der Waals surface area contributed by atoms with E-state index in [1.165, 1.54) is 18.7 Å². The summed E-state index contributed by atoms with van der Waals surface area (Å²) in [4.78, 5) is 29.9. The second-order valence-corrected chi connectivity index (χ2v) is 8.85. The van der Waals surface area contributed by atoms with Crippen LogP contribution in [0.3, 0.4) is 0 Å². The number of halogens is 3. The number of ether oxygens (including phenoxy) is 1. The van der Waals surface area contributed by atoms with Gasteiger partial charge in [0.1, 0.15) is 29.5 Å². The first-order valence-electron chi connectivity index (χ1n) is 9.39. The van der Waals surface area contributed by atoms with Gasteiger partial charge in [0.05, 0.1) is 17.3 Å². The van der Waals surface area contributed by atoms with Gasteiger partial charge in [-0.3, -0.25) is 4.79 Å². The standard InChI is InChI=1S/C18H16F3N7O4S/c19-18(20,21)32-11-1-3-12(4-2-11)33(30,31)28-6-5-27(9-14(28)16(22)29)15-8-24-13-7-23-10-25-17(13)26-15/h1-4,7-8,10,14H,5-6,9H2,(H2,22,29)/t14-/m1/s1. The molecule has 0 aliphatic carbocycles. The molecule has 0 spiro atoms. The molecule has 2 N–H and O–H groups in total. The predicted molar refractivity (Wildman–Crippen MR) is 107 cm³/mol. The van der Waals surface area contributed by atoms with Crippen molar-refractivity contribution in [2.45, 2.75) is 17.3 Å². The van der Waals surface area contributed by atoms with Gasteiger partial charge >= 0.3 is 6.36 Å². The Morgan fingerprint density at radius 3 is 2.52 bits per heavy atom. The summed E-state index contributed by atoms with van der Waals surface area (Å²) in [6.07, 6.45) is -0.665. The number of nitrogens with two attached hydrogens (primary N) is 1. The lowest BCUT2D eigenvalue weighted by molar-refractivity contribution is -0.274. The molecule has 0 radical (unpaired) electrons. The third-order valence-electron chi connectivity index (χ3n) is 4.86. The lowest BCUT2D eigenvalue weighted by Crippen LogP contribution is -2.60. The number of fused-ring (bicyclic) bond motifs is 1. The van der Waals surface area contributed by atoms with Gasteiger partial charge in [-0.15, -0.1) is 13.2 Å². The Morgan fingerprint density at radius 1 is 1.12 bits per heavy atom. The van der Waals surface area contributed by atoms with Gasteiger partial charge in [-0.05, 0) is 24.3 Å². The molecule has 1 aliphatic rings. The van der Waals surface area contributed by atoms with Crippen LogP contribution in [0.15, 0.2) is 47.9 Å². The Kier molecular flexibility index (Phi) is 5.75. The summed E-state index contributed by atoms with van der Waals surface area (Å²) in [6, 6.07) is 2.44. The minimum absolute atomic E-state index is 0.102. The van der Waals surface area contributed by atoms with Crippen molar-refractivity contribution >= 4 is 32.9 Å². The van der Waals surface area contributed by atoms with Crippen molar-refractivity contribution in [3.63, 3.8) is 0 Å². The SMILES string of the molecule is NC(=O)[C@H]1CN(c2cnc3cncnc3n2)CCN1S(=O)(=O)c1ccc(OC(F)(F)F)cc1. The summed E-state index contributed by atoms with van der Waals surface area (Å²) in [5.41, 5.74) is 6.28. The molecule has 1 atom stereocenters. The second-order valence-electron chi connectivity index (χ2n) is 6.96. The zero-order valence-electron chi connectivity index (χ0n) is 16.7. The molecule has 1 aliphatic heterocycles. The fourth-order valence-corrected chi connectivity index (χ4v) is 4.93. The summed E-state index contributed by atoms with van der Waals surface area (Å²) < 4.78 is 67.9. The number of sulfonamides is 1. The molecule has 174 valence electrons. The van der Waals surface area contributed by atoms with Crippen LogP contribution in [0, 0.1) is 0 Å². The number of piperazine rings is 1. The lowest BCUT2D eigenvalue weighted by Gasteiger charge is -2.39. The summed E-state index contributed by atoms with van der Waals surface area (Å²) in [5, 5.41) is 0. The molecule has 1 saturated heterocycles. The van der Waals surface area contributed by atoms with E-state index in [2.05, 4.69) is 24.7 Å². The van der Waals surface area contributed by atoms with E-state index in [9.17, 15) is 26.4 Å². The summed E-state index contributed by atoms with van der Waals surface area (Å²) in [7, 11) is -4.24. The highest BCUT2D eigenvalue weighted by molar-refractivity contribution is 7.89. The van der Waals surface area contributed by atoms with Crippen LogP contribution in [0.1, 0.15) is 0 Å². The number of nitrogens with zero attached hydrogens (tertiary/aromatic N) is 6. The predicted octanol–water partition coefficient (Wildman–Crippen LogP) is 0.683. The molecule has 15 heteroatoms. The third-order valence-corrected chi connectivity index (χ3v) is 6.78. The smallest absolute Gasteiger partial charge is 0.406 e. The van der Waals surface area contributed by atoms with Crippen molar-refractivity contribution in [2.75, 3.05) is 24.5 Å². The Bertz CT molecular complexity index is 1290. The Hall–Kier alpha value is -3.59. The van der Waals surface area contributed by atoms with Crippen LogP contribution >= 0.6 is 0 Å².